The lowest BCUT2D eigenvalue weighted by atomic mass is 10.0. The number of hydrogen-bond donors (Lipinski definition) is 1. The maximum atomic E-state index is 5.47. The number of aromatic nitrogens is 2. The maximum absolute atomic E-state index is 5.47. The van der Waals surface area contributed by atoms with Crippen molar-refractivity contribution in [1.29, 1.82) is 0 Å². The molecule has 1 heterocycles. The number of ether oxygens (including phenoxy) is 1. The van der Waals surface area contributed by atoms with Gasteiger partial charge in [-0.3, -0.25) is 0 Å². The fourth-order valence-electron chi connectivity index (χ4n) is 2.55. The van der Waals surface area contributed by atoms with Crippen LogP contribution >= 0.6 is 0 Å². The Kier molecular flexibility index (Phi) is 4.58. The molecule has 1 N–H and O–H groups in total. The van der Waals surface area contributed by atoms with Gasteiger partial charge in [-0.05, 0) is 39.7 Å². The normalized spacial score (nSPS) is 24.0. The van der Waals surface area contributed by atoms with Crippen molar-refractivity contribution in [2.24, 2.45) is 0 Å². The van der Waals surface area contributed by atoms with Gasteiger partial charge in [0.1, 0.15) is 5.60 Å². The summed E-state index contributed by atoms with van der Waals surface area (Å²) in [5, 5.41) is 7.66. The van der Waals surface area contributed by atoms with Crippen molar-refractivity contribution >= 4 is 0 Å². The van der Waals surface area contributed by atoms with Crippen LogP contribution in [-0.4, -0.2) is 29.8 Å². The summed E-state index contributed by atoms with van der Waals surface area (Å²) in [6.45, 7) is 7.13. The van der Waals surface area contributed by atoms with Crippen molar-refractivity contribution in [3.63, 3.8) is 0 Å². The number of nitrogens with zero attached hydrogens (tertiary/aromatic N) is 2. The fraction of sp³-hybridized carbons (Fsp3) is 0.857. The van der Waals surface area contributed by atoms with E-state index in [0.29, 0.717) is 17.8 Å². The smallest absolute Gasteiger partial charge is 0.231 e. The molecule has 0 bridgehead atoms. The second-order valence-corrected chi connectivity index (χ2v) is 5.77. The molecule has 1 aromatic rings. The lowest BCUT2D eigenvalue weighted by Crippen LogP contribution is -2.32. The molecular formula is C14H25N3O2. The zero-order valence-corrected chi connectivity index (χ0v) is 12.4. The summed E-state index contributed by atoms with van der Waals surface area (Å²) in [7, 11) is 1.66. The average Bonchev–Trinajstić information content (AvgIpc) is 3.04. The molecule has 0 aromatic carbocycles. The van der Waals surface area contributed by atoms with Gasteiger partial charge in [-0.15, -0.1) is 0 Å². The van der Waals surface area contributed by atoms with Crippen LogP contribution in [0.1, 0.15) is 64.1 Å². The van der Waals surface area contributed by atoms with Crippen molar-refractivity contribution in [3.05, 3.63) is 11.7 Å². The molecule has 0 amide bonds. The summed E-state index contributed by atoms with van der Waals surface area (Å²) in [6.07, 6.45) is 4.68. The molecule has 2 rings (SSSR count). The SMILES string of the molecule is CCCNC1CCCC1c1nc(C(C)(C)OC)no1. The van der Waals surface area contributed by atoms with Crippen molar-refractivity contribution in [2.45, 2.75) is 64.0 Å². The highest BCUT2D eigenvalue weighted by Crippen LogP contribution is 2.34. The second kappa shape index (κ2) is 6.01. The van der Waals surface area contributed by atoms with E-state index in [0.717, 1.165) is 25.3 Å². The first-order valence-electron chi connectivity index (χ1n) is 7.21. The summed E-state index contributed by atoms with van der Waals surface area (Å²) in [4.78, 5) is 4.55. The first-order chi connectivity index (χ1) is 9.08. The van der Waals surface area contributed by atoms with Gasteiger partial charge in [0.2, 0.25) is 11.7 Å². The van der Waals surface area contributed by atoms with E-state index in [9.17, 15) is 0 Å². The minimum Gasteiger partial charge on any atom is -0.371 e. The molecule has 1 aromatic heterocycles. The molecule has 0 radical (unpaired) electrons. The van der Waals surface area contributed by atoms with Crippen LogP contribution < -0.4 is 5.32 Å². The summed E-state index contributed by atoms with van der Waals surface area (Å²) in [5.74, 6) is 1.73. The van der Waals surface area contributed by atoms with Gasteiger partial charge >= 0.3 is 0 Å². The molecule has 5 heteroatoms. The van der Waals surface area contributed by atoms with E-state index < -0.39 is 5.60 Å². The first kappa shape index (κ1) is 14.5. The molecule has 0 saturated heterocycles. The Hall–Kier alpha value is -0.940. The van der Waals surface area contributed by atoms with Crippen LogP contribution in [0.2, 0.25) is 0 Å². The Bertz CT molecular complexity index is 403. The van der Waals surface area contributed by atoms with E-state index in [2.05, 4.69) is 22.4 Å². The average molecular weight is 267 g/mol. The zero-order valence-electron chi connectivity index (χ0n) is 12.4. The Labute approximate surface area is 115 Å². The summed E-state index contributed by atoms with van der Waals surface area (Å²) in [6, 6.07) is 0.471. The van der Waals surface area contributed by atoms with Crippen LogP contribution in [0.4, 0.5) is 0 Å². The predicted octanol–water partition coefficient (Wildman–Crippen LogP) is 2.59. The minimum absolute atomic E-state index is 0.348. The molecule has 1 aliphatic carbocycles. The van der Waals surface area contributed by atoms with Crippen molar-refractivity contribution in [1.82, 2.24) is 15.5 Å². The van der Waals surface area contributed by atoms with Crippen molar-refractivity contribution in [2.75, 3.05) is 13.7 Å². The Morgan fingerprint density at radius 1 is 1.42 bits per heavy atom. The highest BCUT2D eigenvalue weighted by Gasteiger charge is 2.34. The molecular weight excluding hydrogens is 242 g/mol. The molecule has 19 heavy (non-hydrogen) atoms. The number of rotatable bonds is 6. The van der Waals surface area contributed by atoms with Crippen LogP contribution in [0.25, 0.3) is 0 Å². The molecule has 5 nitrogen and oxygen atoms in total. The minimum atomic E-state index is -0.493. The van der Waals surface area contributed by atoms with Gasteiger partial charge in [0.05, 0.1) is 5.92 Å². The van der Waals surface area contributed by atoms with E-state index in [1.54, 1.807) is 7.11 Å². The highest BCUT2D eigenvalue weighted by molar-refractivity contribution is 5.05. The standard InChI is InChI=1S/C14H25N3O2/c1-5-9-15-11-8-6-7-10(11)12-16-13(17-19-12)14(2,3)18-4/h10-11,15H,5-9H2,1-4H3. The van der Waals surface area contributed by atoms with E-state index in [4.69, 9.17) is 9.26 Å². The quantitative estimate of drug-likeness (QED) is 0.858. The van der Waals surface area contributed by atoms with Gasteiger partial charge in [-0.2, -0.15) is 4.98 Å². The van der Waals surface area contributed by atoms with Gasteiger partial charge in [0.25, 0.3) is 0 Å². The van der Waals surface area contributed by atoms with E-state index in [-0.39, 0.29) is 0 Å². The van der Waals surface area contributed by atoms with Gasteiger partial charge in [0, 0.05) is 13.2 Å². The monoisotopic (exact) mass is 267 g/mol. The summed E-state index contributed by atoms with van der Waals surface area (Å²) < 4.78 is 10.9. The van der Waals surface area contributed by atoms with Gasteiger partial charge in [-0.1, -0.05) is 18.5 Å². The Balaban J connectivity index is 2.09. The Morgan fingerprint density at radius 3 is 2.89 bits per heavy atom. The van der Waals surface area contributed by atoms with E-state index in [1.165, 1.54) is 12.8 Å². The van der Waals surface area contributed by atoms with E-state index >= 15 is 0 Å². The van der Waals surface area contributed by atoms with Crippen LogP contribution in [0.15, 0.2) is 4.52 Å². The van der Waals surface area contributed by atoms with Crippen LogP contribution in [0.5, 0.6) is 0 Å². The molecule has 2 atom stereocenters. The van der Waals surface area contributed by atoms with Crippen molar-refractivity contribution in [3.8, 4) is 0 Å². The summed E-state index contributed by atoms with van der Waals surface area (Å²) in [5.41, 5.74) is -0.493. The number of methoxy groups -OCH3 is 1. The lowest BCUT2D eigenvalue weighted by molar-refractivity contribution is 0.00973. The first-order valence-corrected chi connectivity index (χ1v) is 7.21. The molecule has 2 unspecified atom stereocenters. The second-order valence-electron chi connectivity index (χ2n) is 5.77. The van der Waals surface area contributed by atoms with Crippen LogP contribution in [0, 0.1) is 0 Å². The molecule has 1 saturated carbocycles. The summed E-state index contributed by atoms with van der Waals surface area (Å²) >= 11 is 0. The molecule has 108 valence electrons. The topological polar surface area (TPSA) is 60.2 Å². The lowest BCUT2D eigenvalue weighted by Gasteiger charge is -2.18. The molecule has 1 fully saturated rings. The number of hydrogen-bond acceptors (Lipinski definition) is 5. The van der Waals surface area contributed by atoms with Gasteiger partial charge in [0.15, 0.2) is 0 Å². The van der Waals surface area contributed by atoms with Gasteiger partial charge < -0.3 is 14.6 Å². The third kappa shape index (κ3) is 3.15. The third-order valence-corrected chi connectivity index (χ3v) is 3.98. The highest BCUT2D eigenvalue weighted by atomic mass is 16.5. The third-order valence-electron chi connectivity index (χ3n) is 3.98. The van der Waals surface area contributed by atoms with E-state index in [1.807, 2.05) is 13.8 Å². The van der Waals surface area contributed by atoms with Crippen LogP contribution in [-0.2, 0) is 10.3 Å². The maximum Gasteiger partial charge on any atom is 0.231 e. The largest absolute Gasteiger partial charge is 0.371 e. The molecule has 0 aliphatic heterocycles. The molecule has 1 aliphatic rings. The zero-order chi connectivity index (χ0) is 13.9. The fourth-order valence-corrected chi connectivity index (χ4v) is 2.55. The van der Waals surface area contributed by atoms with Crippen molar-refractivity contribution < 1.29 is 9.26 Å². The Morgan fingerprint density at radius 2 is 2.21 bits per heavy atom. The molecule has 0 spiro atoms. The van der Waals surface area contributed by atoms with Crippen LogP contribution in [0.3, 0.4) is 0 Å². The predicted molar refractivity (Wildman–Crippen MR) is 73.0 cm³/mol. The van der Waals surface area contributed by atoms with Gasteiger partial charge in [-0.25, -0.2) is 0 Å². The number of nitrogens with one attached hydrogen (secondary N) is 1.